The molecule has 0 aromatic carbocycles. The van der Waals surface area contributed by atoms with Crippen LogP contribution in [0.2, 0.25) is 5.02 Å². The number of carbonyl (C=O) groups is 1. The normalized spacial score (nSPS) is 15.3. The fourth-order valence-electron chi connectivity index (χ4n) is 2.93. The molecule has 2 aromatic rings. The Hall–Kier alpha value is -2.82. The van der Waals surface area contributed by atoms with Gasteiger partial charge in [-0.1, -0.05) is 11.6 Å². The maximum atomic E-state index is 12.6. The summed E-state index contributed by atoms with van der Waals surface area (Å²) in [6.45, 7) is 0.976. The molecule has 0 saturated carbocycles. The number of pyridine rings is 1. The number of rotatable bonds is 3. The first-order valence-electron chi connectivity index (χ1n) is 8.61. The second-order valence-corrected chi connectivity index (χ2v) is 6.75. The molecule has 1 aliphatic rings. The van der Waals surface area contributed by atoms with Crippen molar-refractivity contribution in [2.24, 2.45) is 0 Å². The summed E-state index contributed by atoms with van der Waals surface area (Å²) in [5.41, 5.74) is -1.34. The van der Waals surface area contributed by atoms with E-state index in [9.17, 15) is 22.8 Å². The molecule has 1 amide bonds. The fraction of sp³-hybridized carbons (Fsp3) is 0.412. The van der Waals surface area contributed by atoms with Crippen LogP contribution in [0, 0.1) is 0 Å². The van der Waals surface area contributed by atoms with Gasteiger partial charge in [-0.25, -0.2) is 9.78 Å². The van der Waals surface area contributed by atoms with Gasteiger partial charge in [0.15, 0.2) is 5.82 Å². The molecule has 0 spiro atoms. The van der Waals surface area contributed by atoms with Gasteiger partial charge in [0.1, 0.15) is 5.02 Å². The quantitative estimate of drug-likeness (QED) is 0.803. The zero-order chi connectivity index (χ0) is 21.2. The summed E-state index contributed by atoms with van der Waals surface area (Å²) in [7, 11) is 1.32. The maximum Gasteiger partial charge on any atom is 0.417 e. The predicted octanol–water partition coefficient (Wildman–Crippen LogP) is 2.94. The Morgan fingerprint density at radius 2 is 1.97 bits per heavy atom. The lowest BCUT2D eigenvalue weighted by atomic mass is 10.1. The van der Waals surface area contributed by atoms with Crippen molar-refractivity contribution in [2.75, 3.05) is 25.5 Å². The van der Waals surface area contributed by atoms with Gasteiger partial charge < -0.3 is 15.0 Å². The van der Waals surface area contributed by atoms with E-state index < -0.39 is 23.4 Å². The van der Waals surface area contributed by atoms with E-state index in [2.05, 4.69) is 20.1 Å². The molecule has 0 unspecified atom stereocenters. The van der Waals surface area contributed by atoms with Gasteiger partial charge >= 0.3 is 12.3 Å². The Morgan fingerprint density at radius 3 is 2.52 bits per heavy atom. The van der Waals surface area contributed by atoms with Crippen LogP contribution in [-0.2, 0) is 10.9 Å². The Kier molecular flexibility index (Phi) is 5.96. The molecule has 29 heavy (non-hydrogen) atoms. The summed E-state index contributed by atoms with van der Waals surface area (Å²) in [5.74, 6) is -0.0807. The van der Waals surface area contributed by atoms with E-state index in [-0.39, 0.29) is 16.9 Å². The lowest BCUT2D eigenvalue weighted by Crippen LogP contribution is -2.42. The van der Waals surface area contributed by atoms with Crippen LogP contribution in [0.15, 0.2) is 29.3 Å². The van der Waals surface area contributed by atoms with Gasteiger partial charge in [0.05, 0.1) is 24.6 Å². The van der Waals surface area contributed by atoms with Crippen LogP contribution in [-0.4, -0.2) is 52.0 Å². The Morgan fingerprint density at radius 1 is 1.28 bits per heavy atom. The van der Waals surface area contributed by atoms with Crippen molar-refractivity contribution in [3.63, 3.8) is 0 Å². The number of carbonyl (C=O) groups excluding carboxylic acids is 1. The molecule has 2 aromatic heterocycles. The molecule has 0 aliphatic carbocycles. The van der Waals surface area contributed by atoms with Crippen LogP contribution in [0.3, 0.4) is 0 Å². The number of halogens is 4. The Balaban J connectivity index is 1.73. The second kappa shape index (κ2) is 8.27. The largest absolute Gasteiger partial charge is 0.453 e. The van der Waals surface area contributed by atoms with Gasteiger partial charge in [0, 0.05) is 25.3 Å². The average Bonchev–Trinajstić information content (AvgIpc) is 2.71. The van der Waals surface area contributed by atoms with Gasteiger partial charge in [-0.15, -0.1) is 0 Å². The number of methoxy groups -OCH3 is 1. The van der Waals surface area contributed by atoms with Gasteiger partial charge in [-0.05, 0) is 25.0 Å². The number of piperidine rings is 1. The molecule has 3 heterocycles. The first kappa shape index (κ1) is 20.9. The third-order valence-electron chi connectivity index (χ3n) is 4.50. The molecular weight excluding hydrogens is 415 g/mol. The molecule has 1 aliphatic heterocycles. The van der Waals surface area contributed by atoms with E-state index in [0.717, 1.165) is 16.8 Å². The highest BCUT2D eigenvalue weighted by molar-refractivity contribution is 6.32. The van der Waals surface area contributed by atoms with Gasteiger partial charge in [-0.3, -0.25) is 4.79 Å². The predicted molar refractivity (Wildman–Crippen MR) is 98.3 cm³/mol. The maximum absolute atomic E-state index is 12.6. The fourth-order valence-corrected chi connectivity index (χ4v) is 3.11. The monoisotopic (exact) mass is 431 g/mol. The topological polar surface area (TPSA) is 89.3 Å². The minimum absolute atomic E-state index is 0.0327. The van der Waals surface area contributed by atoms with Crippen molar-refractivity contribution >= 4 is 23.4 Å². The van der Waals surface area contributed by atoms with Crippen molar-refractivity contribution in [3.8, 4) is 5.82 Å². The number of hydrogen-bond donors (Lipinski definition) is 1. The molecule has 3 rings (SSSR count). The first-order valence-corrected chi connectivity index (χ1v) is 8.99. The van der Waals surface area contributed by atoms with E-state index >= 15 is 0 Å². The van der Waals surface area contributed by atoms with Crippen LogP contribution < -0.4 is 10.9 Å². The minimum atomic E-state index is -4.53. The van der Waals surface area contributed by atoms with Crippen molar-refractivity contribution in [1.29, 1.82) is 0 Å². The third kappa shape index (κ3) is 4.61. The van der Waals surface area contributed by atoms with E-state index in [1.165, 1.54) is 13.3 Å². The summed E-state index contributed by atoms with van der Waals surface area (Å²) in [6.07, 6.45) is -1.74. The molecule has 0 radical (unpaired) electrons. The molecule has 8 nitrogen and oxygen atoms in total. The molecule has 1 fully saturated rings. The van der Waals surface area contributed by atoms with Crippen LogP contribution >= 0.6 is 11.6 Å². The molecule has 1 N–H and O–H groups in total. The summed E-state index contributed by atoms with van der Waals surface area (Å²) in [4.78, 5) is 29.2. The molecule has 1 saturated heterocycles. The standard InChI is InChI=1S/C17H17ClF3N5O3/c1-29-16(28)25-6-4-11(5-7-25)24-12-9-23-26(15(27)14(12)18)13-3-2-10(8-22-13)17(19,20)21/h2-3,8-9,11,24H,4-7H2,1H3. The van der Waals surface area contributed by atoms with Crippen molar-refractivity contribution in [3.05, 3.63) is 45.5 Å². The summed E-state index contributed by atoms with van der Waals surface area (Å²) in [6, 6.07) is 1.82. The van der Waals surface area contributed by atoms with Crippen LogP contribution in [0.4, 0.5) is 23.7 Å². The zero-order valence-electron chi connectivity index (χ0n) is 15.2. The van der Waals surface area contributed by atoms with E-state index in [4.69, 9.17) is 11.6 Å². The molecule has 0 atom stereocenters. The number of likely N-dealkylation sites (tertiary alicyclic amines) is 1. The van der Waals surface area contributed by atoms with Gasteiger partial charge in [0.25, 0.3) is 5.56 Å². The lowest BCUT2D eigenvalue weighted by molar-refractivity contribution is -0.137. The lowest BCUT2D eigenvalue weighted by Gasteiger charge is -2.31. The second-order valence-electron chi connectivity index (χ2n) is 6.37. The average molecular weight is 432 g/mol. The van der Waals surface area contributed by atoms with E-state index in [1.54, 1.807) is 4.90 Å². The minimum Gasteiger partial charge on any atom is -0.453 e. The number of nitrogens with one attached hydrogen (secondary N) is 1. The van der Waals surface area contributed by atoms with Crippen molar-refractivity contribution < 1.29 is 22.7 Å². The van der Waals surface area contributed by atoms with E-state index in [0.29, 0.717) is 37.8 Å². The zero-order valence-corrected chi connectivity index (χ0v) is 16.0. The number of hydrogen-bond acceptors (Lipinski definition) is 6. The van der Waals surface area contributed by atoms with Crippen molar-refractivity contribution in [1.82, 2.24) is 19.7 Å². The molecule has 12 heteroatoms. The number of nitrogens with zero attached hydrogens (tertiary/aromatic N) is 4. The third-order valence-corrected chi connectivity index (χ3v) is 4.86. The SMILES string of the molecule is COC(=O)N1CCC(Nc2cnn(-c3ccc(C(F)(F)F)cn3)c(=O)c2Cl)CC1. The van der Waals surface area contributed by atoms with Crippen LogP contribution in [0.25, 0.3) is 5.82 Å². The number of ether oxygens (including phenoxy) is 1. The number of aromatic nitrogens is 3. The van der Waals surface area contributed by atoms with Crippen LogP contribution in [0.5, 0.6) is 0 Å². The summed E-state index contributed by atoms with van der Waals surface area (Å²) >= 11 is 6.14. The molecule has 156 valence electrons. The van der Waals surface area contributed by atoms with Gasteiger partial charge in [0.2, 0.25) is 0 Å². The number of alkyl halides is 3. The highest BCUT2D eigenvalue weighted by Gasteiger charge is 2.31. The van der Waals surface area contributed by atoms with Crippen molar-refractivity contribution in [2.45, 2.75) is 25.1 Å². The highest BCUT2D eigenvalue weighted by atomic mass is 35.5. The number of amides is 1. The van der Waals surface area contributed by atoms with Crippen LogP contribution in [0.1, 0.15) is 18.4 Å². The smallest absolute Gasteiger partial charge is 0.417 e. The van der Waals surface area contributed by atoms with Gasteiger partial charge in [-0.2, -0.15) is 23.0 Å². The Bertz CT molecular complexity index is 941. The van der Waals surface area contributed by atoms with E-state index in [1.807, 2.05) is 0 Å². The first-order chi connectivity index (χ1) is 13.7. The Labute approximate surface area is 168 Å². The molecule has 0 bridgehead atoms. The molecular formula is C17H17ClF3N5O3. The summed E-state index contributed by atoms with van der Waals surface area (Å²) in [5, 5.41) is 6.92. The highest BCUT2D eigenvalue weighted by Crippen LogP contribution is 2.28. The number of anilines is 1. The summed E-state index contributed by atoms with van der Waals surface area (Å²) < 4.78 is 43.5.